The minimum atomic E-state index is 0.400. The standard InChI is InChI=1S/C23H33Cl2N3O/c24-20-4-3-5-21(23(20)25)27-16-14-26(15-17-27)13-11-18-7-9-19(10-8-18)28-12-2-1-6-22(28)29/h3-5,18-19H,1-2,6-17H2. The van der Waals surface area contributed by atoms with Gasteiger partial charge in [-0.1, -0.05) is 29.3 Å². The van der Waals surface area contributed by atoms with Crippen molar-refractivity contribution in [3.63, 3.8) is 0 Å². The lowest BCUT2D eigenvalue weighted by Gasteiger charge is -2.40. The molecule has 1 amide bonds. The van der Waals surface area contributed by atoms with Crippen LogP contribution in [0.5, 0.6) is 0 Å². The van der Waals surface area contributed by atoms with Gasteiger partial charge < -0.3 is 9.80 Å². The number of rotatable bonds is 5. The Kier molecular flexibility index (Phi) is 7.25. The van der Waals surface area contributed by atoms with Crippen molar-refractivity contribution in [1.82, 2.24) is 9.80 Å². The third-order valence-electron chi connectivity index (χ3n) is 7.11. The molecule has 2 saturated heterocycles. The number of nitrogens with zero attached hydrogens (tertiary/aromatic N) is 3. The highest BCUT2D eigenvalue weighted by Crippen LogP contribution is 2.34. The first kappa shape index (κ1) is 21.3. The van der Waals surface area contributed by atoms with E-state index in [1.165, 1.54) is 45.1 Å². The highest BCUT2D eigenvalue weighted by Gasteiger charge is 2.30. The van der Waals surface area contributed by atoms with Crippen molar-refractivity contribution >= 4 is 34.8 Å². The van der Waals surface area contributed by atoms with Gasteiger partial charge in [-0.2, -0.15) is 0 Å². The molecule has 3 aliphatic rings. The van der Waals surface area contributed by atoms with Crippen LogP contribution in [0.2, 0.25) is 10.0 Å². The molecule has 1 aromatic carbocycles. The third kappa shape index (κ3) is 5.21. The second kappa shape index (κ2) is 9.89. The first-order valence-electron chi connectivity index (χ1n) is 11.3. The Hall–Kier alpha value is -0.970. The lowest BCUT2D eigenvalue weighted by Crippen LogP contribution is -2.47. The highest BCUT2D eigenvalue weighted by molar-refractivity contribution is 6.43. The van der Waals surface area contributed by atoms with Crippen molar-refractivity contribution < 1.29 is 4.79 Å². The maximum Gasteiger partial charge on any atom is 0.222 e. The maximum atomic E-state index is 12.2. The predicted octanol–water partition coefficient (Wildman–Crippen LogP) is 5.08. The van der Waals surface area contributed by atoms with Crippen molar-refractivity contribution in [2.24, 2.45) is 5.92 Å². The van der Waals surface area contributed by atoms with Gasteiger partial charge in [0.2, 0.25) is 5.91 Å². The van der Waals surface area contributed by atoms with Crippen LogP contribution >= 0.6 is 23.2 Å². The summed E-state index contributed by atoms with van der Waals surface area (Å²) in [5.74, 6) is 1.23. The van der Waals surface area contributed by atoms with Gasteiger partial charge in [-0.05, 0) is 69.5 Å². The zero-order valence-corrected chi connectivity index (χ0v) is 18.8. The molecule has 0 aromatic heterocycles. The zero-order valence-electron chi connectivity index (χ0n) is 17.3. The van der Waals surface area contributed by atoms with Crippen molar-refractivity contribution in [2.75, 3.05) is 44.2 Å². The molecule has 0 radical (unpaired) electrons. The number of halogens is 2. The second-order valence-corrected chi connectivity index (χ2v) is 9.69. The molecule has 3 fully saturated rings. The van der Waals surface area contributed by atoms with Crippen molar-refractivity contribution in [3.05, 3.63) is 28.2 Å². The molecule has 2 heterocycles. The van der Waals surface area contributed by atoms with Gasteiger partial charge in [0, 0.05) is 45.2 Å². The molecule has 2 aliphatic heterocycles. The fourth-order valence-electron chi connectivity index (χ4n) is 5.27. The Morgan fingerprint density at radius 2 is 1.69 bits per heavy atom. The van der Waals surface area contributed by atoms with Crippen LogP contribution in [0.15, 0.2) is 18.2 Å². The Labute approximate surface area is 185 Å². The van der Waals surface area contributed by atoms with E-state index in [9.17, 15) is 4.79 Å². The molecule has 0 N–H and O–H groups in total. The minimum absolute atomic E-state index is 0.400. The van der Waals surface area contributed by atoms with E-state index in [1.54, 1.807) is 0 Å². The topological polar surface area (TPSA) is 26.8 Å². The second-order valence-electron chi connectivity index (χ2n) is 8.91. The Morgan fingerprint density at radius 1 is 0.931 bits per heavy atom. The van der Waals surface area contributed by atoms with E-state index in [2.05, 4.69) is 20.8 Å². The van der Waals surface area contributed by atoms with Gasteiger partial charge in [0.15, 0.2) is 0 Å². The summed E-state index contributed by atoms with van der Waals surface area (Å²) >= 11 is 12.6. The zero-order chi connectivity index (χ0) is 20.2. The van der Waals surface area contributed by atoms with E-state index < -0.39 is 0 Å². The molecule has 160 valence electrons. The van der Waals surface area contributed by atoms with E-state index in [-0.39, 0.29) is 0 Å². The van der Waals surface area contributed by atoms with E-state index in [0.29, 0.717) is 22.0 Å². The maximum absolute atomic E-state index is 12.2. The Morgan fingerprint density at radius 3 is 2.41 bits per heavy atom. The summed E-state index contributed by atoms with van der Waals surface area (Å²) in [5.41, 5.74) is 1.06. The van der Waals surface area contributed by atoms with Crippen LogP contribution in [0.4, 0.5) is 5.69 Å². The smallest absolute Gasteiger partial charge is 0.222 e. The molecule has 0 spiro atoms. The fraction of sp³-hybridized carbons (Fsp3) is 0.696. The number of anilines is 1. The van der Waals surface area contributed by atoms with Crippen LogP contribution in [-0.2, 0) is 4.79 Å². The molecule has 1 aromatic rings. The number of piperidine rings is 1. The molecule has 4 rings (SSSR count). The average molecular weight is 438 g/mol. The van der Waals surface area contributed by atoms with Gasteiger partial charge in [-0.25, -0.2) is 0 Å². The van der Waals surface area contributed by atoms with Crippen LogP contribution in [-0.4, -0.2) is 61.0 Å². The van der Waals surface area contributed by atoms with Gasteiger partial charge in [0.1, 0.15) is 0 Å². The van der Waals surface area contributed by atoms with Crippen LogP contribution in [0.3, 0.4) is 0 Å². The number of likely N-dealkylation sites (tertiary alicyclic amines) is 1. The summed E-state index contributed by atoms with van der Waals surface area (Å²) in [4.78, 5) is 19.3. The number of amides is 1. The highest BCUT2D eigenvalue weighted by atomic mass is 35.5. The molecule has 0 atom stereocenters. The first-order chi connectivity index (χ1) is 14.1. The van der Waals surface area contributed by atoms with E-state index >= 15 is 0 Å². The molecule has 6 heteroatoms. The molecule has 29 heavy (non-hydrogen) atoms. The van der Waals surface area contributed by atoms with Crippen LogP contribution in [0.25, 0.3) is 0 Å². The Balaban J connectivity index is 1.18. The first-order valence-corrected chi connectivity index (χ1v) is 12.1. The molecule has 0 unspecified atom stereocenters. The summed E-state index contributed by atoms with van der Waals surface area (Å²) in [6, 6.07) is 6.41. The lowest BCUT2D eigenvalue weighted by molar-refractivity contribution is -0.136. The summed E-state index contributed by atoms with van der Waals surface area (Å²) in [7, 11) is 0. The summed E-state index contributed by atoms with van der Waals surface area (Å²) < 4.78 is 0. The molecule has 1 saturated carbocycles. The monoisotopic (exact) mass is 437 g/mol. The van der Waals surface area contributed by atoms with Gasteiger partial charge in [0.25, 0.3) is 0 Å². The molecular weight excluding hydrogens is 405 g/mol. The van der Waals surface area contributed by atoms with Gasteiger partial charge in [-0.3, -0.25) is 9.69 Å². The van der Waals surface area contributed by atoms with Crippen LogP contribution in [0.1, 0.15) is 51.4 Å². The lowest BCUT2D eigenvalue weighted by atomic mass is 9.83. The van der Waals surface area contributed by atoms with Gasteiger partial charge in [-0.15, -0.1) is 0 Å². The number of carbonyl (C=O) groups excluding carboxylic acids is 1. The molecular formula is C23H33Cl2N3O. The van der Waals surface area contributed by atoms with E-state index in [1.807, 2.05) is 12.1 Å². The molecule has 4 nitrogen and oxygen atoms in total. The summed E-state index contributed by atoms with van der Waals surface area (Å²) in [5, 5.41) is 1.31. The van der Waals surface area contributed by atoms with Crippen molar-refractivity contribution in [3.8, 4) is 0 Å². The summed E-state index contributed by atoms with van der Waals surface area (Å²) in [6.07, 6.45) is 9.32. The fourth-order valence-corrected chi connectivity index (χ4v) is 5.69. The normalized spacial score (nSPS) is 26.8. The Bertz CT molecular complexity index is 697. The number of hydrogen-bond donors (Lipinski definition) is 0. The van der Waals surface area contributed by atoms with E-state index in [4.69, 9.17) is 23.2 Å². The van der Waals surface area contributed by atoms with Crippen molar-refractivity contribution in [1.29, 1.82) is 0 Å². The average Bonchev–Trinajstić information content (AvgIpc) is 2.75. The van der Waals surface area contributed by atoms with Gasteiger partial charge >= 0.3 is 0 Å². The predicted molar refractivity (Wildman–Crippen MR) is 121 cm³/mol. The molecule has 0 bridgehead atoms. The number of hydrogen-bond acceptors (Lipinski definition) is 3. The van der Waals surface area contributed by atoms with Gasteiger partial charge in [0.05, 0.1) is 15.7 Å². The summed E-state index contributed by atoms with van der Waals surface area (Å²) in [6.45, 7) is 6.36. The SMILES string of the molecule is O=C1CCCCN1C1CCC(CCN2CCN(c3cccc(Cl)c3Cl)CC2)CC1. The largest absolute Gasteiger partial charge is 0.368 e. The van der Waals surface area contributed by atoms with Crippen LogP contribution < -0.4 is 4.90 Å². The molecule has 1 aliphatic carbocycles. The van der Waals surface area contributed by atoms with Crippen LogP contribution in [0, 0.1) is 5.92 Å². The number of carbonyl (C=O) groups is 1. The number of piperazine rings is 1. The van der Waals surface area contributed by atoms with Crippen molar-refractivity contribution in [2.45, 2.75) is 57.4 Å². The third-order valence-corrected chi connectivity index (χ3v) is 7.92. The number of benzene rings is 1. The van der Waals surface area contributed by atoms with E-state index in [0.717, 1.165) is 57.2 Å². The quantitative estimate of drug-likeness (QED) is 0.642. The minimum Gasteiger partial charge on any atom is -0.368 e.